The molecule has 2 heterocycles. The fourth-order valence-corrected chi connectivity index (χ4v) is 2.77. The first-order valence-electron chi connectivity index (χ1n) is 5.35. The Morgan fingerprint density at radius 1 is 1.50 bits per heavy atom. The Morgan fingerprint density at radius 2 is 2.28 bits per heavy atom. The monoisotopic (exact) mass is 283 g/mol. The molecule has 0 bridgehead atoms. The zero-order chi connectivity index (χ0) is 13.1. The van der Waals surface area contributed by atoms with E-state index >= 15 is 0 Å². The summed E-state index contributed by atoms with van der Waals surface area (Å²) < 4.78 is 1.85. The van der Waals surface area contributed by atoms with Crippen molar-refractivity contribution in [2.24, 2.45) is 12.9 Å². The van der Waals surface area contributed by atoms with Crippen LogP contribution >= 0.6 is 23.4 Å². The van der Waals surface area contributed by atoms with E-state index in [1.54, 1.807) is 23.9 Å². The minimum Gasteiger partial charge on any atom is -0.308 e. The van der Waals surface area contributed by atoms with Crippen LogP contribution in [-0.2, 0) is 12.8 Å². The molecule has 0 aromatic carbocycles. The van der Waals surface area contributed by atoms with Gasteiger partial charge in [-0.25, -0.2) is 10.8 Å². The number of halogens is 1. The van der Waals surface area contributed by atoms with Gasteiger partial charge < -0.3 is 5.43 Å². The number of nitrogen functional groups attached to an aromatic ring is 1. The van der Waals surface area contributed by atoms with Gasteiger partial charge in [0.2, 0.25) is 0 Å². The molecule has 2 rings (SSSR count). The standard InChI is InChI=1S/C11H14ClN5S/c1-7-5-11(17(2)16-7)18-6-9-8(12)3-4-10(14-9)15-13/h3-5H,6,13H2,1-2H3,(H,14,15). The van der Waals surface area contributed by atoms with E-state index in [1.165, 1.54) is 0 Å². The van der Waals surface area contributed by atoms with Gasteiger partial charge in [-0.3, -0.25) is 4.68 Å². The second-order valence-corrected chi connectivity index (χ2v) is 5.21. The summed E-state index contributed by atoms with van der Waals surface area (Å²) in [5.74, 6) is 6.61. The molecule has 0 spiro atoms. The lowest BCUT2D eigenvalue weighted by molar-refractivity contribution is 0.692. The van der Waals surface area contributed by atoms with Crippen molar-refractivity contribution in [2.75, 3.05) is 5.43 Å². The van der Waals surface area contributed by atoms with Crippen molar-refractivity contribution in [1.82, 2.24) is 14.8 Å². The molecule has 0 amide bonds. The van der Waals surface area contributed by atoms with E-state index in [2.05, 4.69) is 15.5 Å². The van der Waals surface area contributed by atoms with Gasteiger partial charge in [-0.05, 0) is 25.1 Å². The van der Waals surface area contributed by atoms with Crippen LogP contribution in [0.15, 0.2) is 23.2 Å². The third-order valence-corrected chi connectivity index (χ3v) is 3.82. The van der Waals surface area contributed by atoms with E-state index in [0.29, 0.717) is 16.6 Å². The van der Waals surface area contributed by atoms with Gasteiger partial charge in [0.1, 0.15) is 5.82 Å². The molecule has 0 aliphatic rings. The van der Waals surface area contributed by atoms with Crippen LogP contribution in [0.1, 0.15) is 11.4 Å². The summed E-state index contributed by atoms with van der Waals surface area (Å²) in [6, 6.07) is 5.56. The highest BCUT2D eigenvalue weighted by Crippen LogP contribution is 2.26. The predicted octanol–water partition coefficient (Wildman–Crippen LogP) is 2.35. The molecule has 5 nitrogen and oxygen atoms in total. The Labute approximate surface area is 115 Å². The molecule has 0 aliphatic carbocycles. The van der Waals surface area contributed by atoms with Crippen molar-refractivity contribution in [2.45, 2.75) is 17.7 Å². The fourth-order valence-electron chi connectivity index (χ4n) is 1.53. The number of nitrogens with one attached hydrogen (secondary N) is 1. The largest absolute Gasteiger partial charge is 0.308 e. The number of anilines is 1. The molecule has 0 aliphatic heterocycles. The summed E-state index contributed by atoms with van der Waals surface area (Å²) in [5.41, 5.74) is 4.31. The summed E-state index contributed by atoms with van der Waals surface area (Å²) in [7, 11) is 1.92. The molecule has 0 unspecified atom stereocenters. The van der Waals surface area contributed by atoms with Crippen LogP contribution in [0.5, 0.6) is 0 Å². The number of nitrogens with zero attached hydrogens (tertiary/aromatic N) is 3. The summed E-state index contributed by atoms with van der Waals surface area (Å²) in [6.07, 6.45) is 0. The smallest absolute Gasteiger partial charge is 0.140 e. The minimum atomic E-state index is 0.608. The molecule has 0 saturated heterocycles. The highest BCUT2D eigenvalue weighted by atomic mass is 35.5. The SMILES string of the molecule is Cc1cc(SCc2nc(NN)ccc2Cl)n(C)n1. The van der Waals surface area contributed by atoms with Gasteiger partial charge in [0, 0.05) is 12.8 Å². The van der Waals surface area contributed by atoms with Crippen LogP contribution < -0.4 is 11.3 Å². The van der Waals surface area contributed by atoms with Crippen LogP contribution in [-0.4, -0.2) is 14.8 Å². The van der Waals surface area contributed by atoms with Crippen molar-refractivity contribution < 1.29 is 0 Å². The number of hydrogen-bond donors (Lipinski definition) is 2. The van der Waals surface area contributed by atoms with Crippen molar-refractivity contribution >= 4 is 29.2 Å². The predicted molar refractivity (Wildman–Crippen MR) is 74.6 cm³/mol. The Hall–Kier alpha value is -1.24. The van der Waals surface area contributed by atoms with Crippen molar-refractivity contribution in [1.29, 1.82) is 0 Å². The van der Waals surface area contributed by atoms with Crippen LogP contribution in [0.25, 0.3) is 0 Å². The molecule has 2 aromatic rings. The van der Waals surface area contributed by atoms with Crippen LogP contribution in [0.4, 0.5) is 5.82 Å². The van der Waals surface area contributed by atoms with Gasteiger partial charge >= 0.3 is 0 Å². The highest BCUT2D eigenvalue weighted by Gasteiger charge is 2.07. The molecule has 2 aromatic heterocycles. The topological polar surface area (TPSA) is 68.8 Å². The minimum absolute atomic E-state index is 0.608. The lowest BCUT2D eigenvalue weighted by Gasteiger charge is -2.06. The summed E-state index contributed by atoms with van der Waals surface area (Å²) in [5, 5.41) is 6.01. The second kappa shape index (κ2) is 5.60. The van der Waals surface area contributed by atoms with E-state index < -0.39 is 0 Å². The van der Waals surface area contributed by atoms with Crippen LogP contribution in [0.2, 0.25) is 5.02 Å². The Morgan fingerprint density at radius 3 is 2.89 bits per heavy atom. The summed E-state index contributed by atoms with van der Waals surface area (Å²) in [4.78, 5) is 4.32. The third kappa shape index (κ3) is 2.95. The summed E-state index contributed by atoms with van der Waals surface area (Å²) in [6.45, 7) is 1.97. The first-order chi connectivity index (χ1) is 8.60. The normalized spacial score (nSPS) is 10.7. The first kappa shape index (κ1) is 13.2. The highest BCUT2D eigenvalue weighted by molar-refractivity contribution is 7.98. The molecule has 96 valence electrons. The number of rotatable bonds is 4. The maximum absolute atomic E-state index is 6.10. The Bertz CT molecular complexity index is 554. The molecule has 0 fully saturated rings. The van der Waals surface area contributed by atoms with Crippen LogP contribution in [0, 0.1) is 6.92 Å². The van der Waals surface area contributed by atoms with Gasteiger partial charge in [0.15, 0.2) is 0 Å². The number of pyridine rings is 1. The van der Waals surface area contributed by atoms with Gasteiger partial charge in [0.25, 0.3) is 0 Å². The molecular formula is C11H14ClN5S. The number of hydrogen-bond acceptors (Lipinski definition) is 5. The van der Waals surface area contributed by atoms with Gasteiger partial charge in [-0.1, -0.05) is 11.6 Å². The maximum Gasteiger partial charge on any atom is 0.140 e. The Kier molecular flexibility index (Phi) is 4.11. The summed E-state index contributed by atoms with van der Waals surface area (Å²) >= 11 is 7.74. The average Bonchev–Trinajstić information content (AvgIpc) is 2.67. The number of nitrogens with two attached hydrogens (primary N) is 1. The molecular weight excluding hydrogens is 270 g/mol. The Balaban J connectivity index is 2.12. The first-order valence-corrected chi connectivity index (χ1v) is 6.72. The van der Waals surface area contributed by atoms with Crippen molar-refractivity contribution in [3.8, 4) is 0 Å². The third-order valence-electron chi connectivity index (χ3n) is 2.38. The lowest BCUT2D eigenvalue weighted by Crippen LogP contribution is -2.09. The zero-order valence-electron chi connectivity index (χ0n) is 10.1. The van der Waals surface area contributed by atoms with Crippen molar-refractivity contribution in [3.63, 3.8) is 0 Å². The number of hydrazine groups is 1. The molecule has 0 atom stereocenters. The van der Waals surface area contributed by atoms with E-state index in [0.717, 1.165) is 16.4 Å². The molecule has 3 N–H and O–H groups in total. The van der Waals surface area contributed by atoms with Crippen molar-refractivity contribution in [3.05, 3.63) is 34.6 Å². The van der Waals surface area contributed by atoms with Gasteiger partial charge in [0.05, 0.1) is 21.4 Å². The molecule has 18 heavy (non-hydrogen) atoms. The van der Waals surface area contributed by atoms with Gasteiger partial charge in [-0.15, -0.1) is 11.8 Å². The lowest BCUT2D eigenvalue weighted by atomic mass is 10.4. The number of thioether (sulfide) groups is 1. The number of aromatic nitrogens is 3. The van der Waals surface area contributed by atoms with E-state index in [9.17, 15) is 0 Å². The van der Waals surface area contributed by atoms with Crippen LogP contribution in [0.3, 0.4) is 0 Å². The van der Waals surface area contributed by atoms with E-state index in [4.69, 9.17) is 17.4 Å². The molecule has 0 saturated carbocycles. The fraction of sp³-hybridized carbons (Fsp3) is 0.273. The van der Waals surface area contributed by atoms with E-state index in [1.807, 2.05) is 24.7 Å². The maximum atomic E-state index is 6.10. The zero-order valence-corrected chi connectivity index (χ0v) is 11.7. The average molecular weight is 284 g/mol. The molecule has 0 radical (unpaired) electrons. The number of aryl methyl sites for hydroxylation is 2. The second-order valence-electron chi connectivity index (χ2n) is 3.81. The van der Waals surface area contributed by atoms with Gasteiger partial charge in [-0.2, -0.15) is 5.10 Å². The quantitative estimate of drug-likeness (QED) is 0.512. The van der Waals surface area contributed by atoms with E-state index in [-0.39, 0.29) is 0 Å². The molecule has 7 heteroatoms.